The lowest BCUT2D eigenvalue weighted by molar-refractivity contribution is -0.142. The molecule has 0 saturated carbocycles. The highest BCUT2D eigenvalue weighted by Gasteiger charge is 2.24. The number of esters is 1. The van der Waals surface area contributed by atoms with Gasteiger partial charge in [-0.2, -0.15) is 0 Å². The van der Waals surface area contributed by atoms with Gasteiger partial charge in [-0.05, 0) is 42.3 Å². The monoisotopic (exact) mass is 442 g/mol. The minimum absolute atomic E-state index is 0.000497. The van der Waals surface area contributed by atoms with Gasteiger partial charge in [-0.1, -0.05) is 38.1 Å². The number of ether oxygens (including phenoxy) is 2. The van der Waals surface area contributed by atoms with Gasteiger partial charge in [-0.3, -0.25) is 4.72 Å². The van der Waals surface area contributed by atoms with Crippen LogP contribution in [0.25, 0.3) is 10.8 Å². The molecule has 164 valence electrons. The number of carbonyl (C=O) groups is 1. The zero-order valence-corrected chi connectivity index (χ0v) is 18.7. The highest BCUT2D eigenvalue weighted by atomic mass is 32.2. The van der Waals surface area contributed by atoms with Crippen molar-refractivity contribution in [2.24, 2.45) is 5.92 Å². The van der Waals surface area contributed by atoms with Crippen molar-refractivity contribution in [2.75, 3.05) is 24.3 Å². The van der Waals surface area contributed by atoms with E-state index < -0.39 is 16.1 Å². The standard InChI is InChI=1S/C23H26N2O5S/c1-15(2)22(23(26)30-4)24-20-13-14-21(19-8-6-5-7-18(19)20)25-31(27,28)17-11-9-16(29-3)10-12-17/h5-15,22,24-25H,1-4H3/t22-/m0/s1. The third-order valence-electron chi connectivity index (χ3n) is 4.97. The van der Waals surface area contributed by atoms with Crippen molar-refractivity contribution in [2.45, 2.75) is 24.8 Å². The molecular weight excluding hydrogens is 416 g/mol. The third kappa shape index (κ3) is 4.91. The number of rotatable bonds is 8. The maximum Gasteiger partial charge on any atom is 0.328 e. The van der Waals surface area contributed by atoms with E-state index in [0.717, 1.165) is 5.39 Å². The summed E-state index contributed by atoms with van der Waals surface area (Å²) in [6.45, 7) is 3.85. The normalized spacial score (nSPS) is 12.4. The molecule has 3 aromatic carbocycles. The van der Waals surface area contributed by atoms with Crippen molar-refractivity contribution in [1.82, 2.24) is 0 Å². The number of methoxy groups -OCH3 is 2. The molecule has 0 unspecified atom stereocenters. The maximum atomic E-state index is 12.9. The van der Waals surface area contributed by atoms with Gasteiger partial charge >= 0.3 is 5.97 Å². The molecule has 3 aromatic rings. The number of hydrogen-bond donors (Lipinski definition) is 2. The SMILES string of the molecule is COC(=O)[C@@H](Nc1ccc(NS(=O)(=O)c2ccc(OC)cc2)c2ccccc12)C(C)C. The summed E-state index contributed by atoms with van der Waals surface area (Å²) in [6.07, 6.45) is 0. The number of nitrogens with one attached hydrogen (secondary N) is 2. The summed E-state index contributed by atoms with van der Waals surface area (Å²) in [6, 6.07) is 16.5. The summed E-state index contributed by atoms with van der Waals surface area (Å²) in [5, 5.41) is 4.73. The van der Waals surface area contributed by atoms with E-state index in [1.807, 2.05) is 38.1 Å². The van der Waals surface area contributed by atoms with Gasteiger partial charge in [-0.25, -0.2) is 13.2 Å². The van der Waals surface area contributed by atoms with E-state index in [2.05, 4.69) is 10.0 Å². The zero-order chi connectivity index (χ0) is 22.6. The van der Waals surface area contributed by atoms with Crippen LogP contribution in [0.4, 0.5) is 11.4 Å². The van der Waals surface area contributed by atoms with Crippen LogP contribution in [0.2, 0.25) is 0 Å². The van der Waals surface area contributed by atoms with Crippen molar-refractivity contribution < 1.29 is 22.7 Å². The summed E-state index contributed by atoms with van der Waals surface area (Å²) in [4.78, 5) is 12.3. The molecule has 7 nitrogen and oxygen atoms in total. The predicted octanol–water partition coefficient (Wildman–Crippen LogP) is 4.26. The minimum Gasteiger partial charge on any atom is -0.497 e. The van der Waals surface area contributed by atoms with Gasteiger partial charge in [0.05, 0.1) is 24.8 Å². The zero-order valence-electron chi connectivity index (χ0n) is 17.9. The first-order valence-corrected chi connectivity index (χ1v) is 11.3. The Labute approximate surface area is 182 Å². The number of fused-ring (bicyclic) bond motifs is 1. The average molecular weight is 443 g/mol. The fourth-order valence-corrected chi connectivity index (χ4v) is 4.34. The number of anilines is 2. The van der Waals surface area contributed by atoms with Gasteiger partial charge in [0.15, 0.2) is 0 Å². The Morgan fingerprint density at radius 1 is 0.871 bits per heavy atom. The Kier molecular flexibility index (Phi) is 6.70. The second-order valence-corrected chi connectivity index (χ2v) is 9.06. The summed E-state index contributed by atoms with van der Waals surface area (Å²) in [7, 11) is -0.920. The molecule has 0 aliphatic rings. The number of benzene rings is 3. The Hall–Kier alpha value is -3.26. The molecule has 0 aromatic heterocycles. The Balaban J connectivity index is 1.98. The topological polar surface area (TPSA) is 93.7 Å². The van der Waals surface area contributed by atoms with E-state index in [9.17, 15) is 13.2 Å². The third-order valence-corrected chi connectivity index (χ3v) is 6.35. The number of carbonyl (C=O) groups excluding carboxylic acids is 1. The van der Waals surface area contributed by atoms with Crippen molar-refractivity contribution in [3.63, 3.8) is 0 Å². The first-order valence-electron chi connectivity index (χ1n) is 9.80. The van der Waals surface area contributed by atoms with Crippen molar-refractivity contribution >= 4 is 38.1 Å². The van der Waals surface area contributed by atoms with Crippen molar-refractivity contribution in [3.8, 4) is 5.75 Å². The molecule has 8 heteroatoms. The van der Waals surface area contributed by atoms with Crippen LogP contribution in [0.1, 0.15) is 13.8 Å². The lowest BCUT2D eigenvalue weighted by atomic mass is 10.0. The molecule has 0 spiro atoms. The van der Waals surface area contributed by atoms with Crippen LogP contribution in [0.15, 0.2) is 65.6 Å². The fraction of sp³-hybridized carbons (Fsp3) is 0.261. The van der Waals surface area contributed by atoms with Gasteiger partial charge in [0.2, 0.25) is 0 Å². The van der Waals surface area contributed by atoms with Crippen LogP contribution in [0, 0.1) is 5.92 Å². The first kappa shape index (κ1) is 22.4. The van der Waals surface area contributed by atoms with E-state index in [4.69, 9.17) is 9.47 Å². The molecule has 0 amide bonds. The second kappa shape index (κ2) is 9.26. The van der Waals surface area contributed by atoms with Crippen LogP contribution in [-0.4, -0.2) is 34.6 Å². The van der Waals surface area contributed by atoms with Gasteiger partial charge in [0.25, 0.3) is 10.0 Å². The van der Waals surface area contributed by atoms with Gasteiger partial charge < -0.3 is 14.8 Å². The Morgan fingerprint density at radius 2 is 1.45 bits per heavy atom. The van der Waals surface area contributed by atoms with Crippen LogP contribution in [0.3, 0.4) is 0 Å². The predicted molar refractivity (Wildman–Crippen MR) is 122 cm³/mol. The highest BCUT2D eigenvalue weighted by Crippen LogP contribution is 2.32. The maximum absolute atomic E-state index is 12.9. The van der Waals surface area contributed by atoms with E-state index >= 15 is 0 Å². The summed E-state index contributed by atoms with van der Waals surface area (Å²) in [5.41, 5.74) is 1.16. The van der Waals surface area contributed by atoms with Gasteiger partial charge in [-0.15, -0.1) is 0 Å². The lowest BCUT2D eigenvalue weighted by Crippen LogP contribution is -2.35. The summed E-state index contributed by atoms with van der Waals surface area (Å²) >= 11 is 0. The van der Waals surface area contributed by atoms with E-state index in [0.29, 0.717) is 22.5 Å². The fourth-order valence-electron chi connectivity index (χ4n) is 3.26. The molecule has 1 atom stereocenters. The molecule has 3 rings (SSSR count). The van der Waals surface area contributed by atoms with Gasteiger partial charge in [0, 0.05) is 16.5 Å². The number of sulfonamides is 1. The lowest BCUT2D eigenvalue weighted by Gasteiger charge is -2.22. The molecule has 0 heterocycles. The van der Waals surface area contributed by atoms with Gasteiger partial charge in [0.1, 0.15) is 11.8 Å². The molecule has 0 fully saturated rings. The smallest absolute Gasteiger partial charge is 0.328 e. The molecule has 0 saturated heterocycles. The number of hydrogen-bond acceptors (Lipinski definition) is 6. The Morgan fingerprint density at radius 3 is 2.00 bits per heavy atom. The van der Waals surface area contributed by atoms with Crippen LogP contribution in [-0.2, 0) is 19.6 Å². The molecule has 0 bridgehead atoms. The van der Waals surface area contributed by atoms with Crippen LogP contribution < -0.4 is 14.8 Å². The molecule has 31 heavy (non-hydrogen) atoms. The van der Waals surface area contributed by atoms with Crippen LogP contribution in [0.5, 0.6) is 5.75 Å². The molecular formula is C23H26N2O5S. The van der Waals surface area contributed by atoms with E-state index in [-0.39, 0.29) is 16.8 Å². The largest absolute Gasteiger partial charge is 0.497 e. The highest BCUT2D eigenvalue weighted by molar-refractivity contribution is 7.92. The van der Waals surface area contributed by atoms with Crippen molar-refractivity contribution in [1.29, 1.82) is 0 Å². The quantitative estimate of drug-likeness (QED) is 0.507. The molecule has 0 radical (unpaired) electrons. The molecule has 0 aliphatic heterocycles. The Bertz CT molecular complexity index is 1170. The minimum atomic E-state index is -3.80. The van der Waals surface area contributed by atoms with E-state index in [1.165, 1.54) is 26.4 Å². The summed E-state index contributed by atoms with van der Waals surface area (Å²) < 4.78 is 38.5. The second-order valence-electron chi connectivity index (χ2n) is 7.38. The summed E-state index contributed by atoms with van der Waals surface area (Å²) in [5.74, 6) is 0.216. The molecule has 0 aliphatic carbocycles. The first-order chi connectivity index (χ1) is 14.8. The van der Waals surface area contributed by atoms with Crippen LogP contribution >= 0.6 is 0 Å². The van der Waals surface area contributed by atoms with E-state index in [1.54, 1.807) is 24.3 Å². The van der Waals surface area contributed by atoms with Crippen molar-refractivity contribution in [3.05, 3.63) is 60.7 Å². The molecule has 2 N–H and O–H groups in total. The average Bonchev–Trinajstić information content (AvgIpc) is 2.77.